The van der Waals surface area contributed by atoms with Crippen molar-refractivity contribution in [3.8, 4) is 0 Å². The maximum absolute atomic E-state index is 12.6. The van der Waals surface area contributed by atoms with Gasteiger partial charge in [0.2, 0.25) is 5.91 Å². The summed E-state index contributed by atoms with van der Waals surface area (Å²) in [5, 5.41) is 5.40. The number of nitrogens with one attached hydrogen (secondary N) is 2. The van der Waals surface area contributed by atoms with Gasteiger partial charge in [0.1, 0.15) is 11.6 Å². The van der Waals surface area contributed by atoms with Gasteiger partial charge in [0.05, 0.1) is 0 Å². The van der Waals surface area contributed by atoms with E-state index >= 15 is 0 Å². The lowest BCUT2D eigenvalue weighted by molar-refractivity contribution is -0.119. The first-order valence-electron chi connectivity index (χ1n) is 8.45. The number of hydrogen-bond donors (Lipinski definition) is 2. The van der Waals surface area contributed by atoms with Gasteiger partial charge in [0.15, 0.2) is 5.78 Å². The van der Waals surface area contributed by atoms with E-state index in [1.165, 1.54) is 6.92 Å². The Balaban J connectivity index is 2.88. The molecule has 6 heteroatoms. The first-order chi connectivity index (χ1) is 11.5. The third-order valence-electron chi connectivity index (χ3n) is 3.70. The van der Waals surface area contributed by atoms with Gasteiger partial charge in [0.25, 0.3) is 0 Å². The summed E-state index contributed by atoms with van der Waals surface area (Å²) in [6, 6.07) is 5.96. The summed E-state index contributed by atoms with van der Waals surface area (Å²) in [5.41, 5.74) is 0.381. The van der Waals surface area contributed by atoms with Crippen LogP contribution in [0.25, 0.3) is 0 Å². The van der Waals surface area contributed by atoms with Crippen molar-refractivity contribution >= 4 is 23.5 Å². The van der Waals surface area contributed by atoms with Crippen LogP contribution in [0.1, 0.15) is 58.3 Å². The molecule has 0 saturated carbocycles. The van der Waals surface area contributed by atoms with E-state index in [0.29, 0.717) is 17.7 Å². The summed E-state index contributed by atoms with van der Waals surface area (Å²) in [6.07, 6.45) is 0.0758. The van der Waals surface area contributed by atoms with E-state index in [4.69, 9.17) is 4.74 Å². The minimum atomic E-state index is -0.735. The van der Waals surface area contributed by atoms with Crippen molar-refractivity contribution in [1.82, 2.24) is 5.32 Å². The van der Waals surface area contributed by atoms with Crippen LogP contribution in [-0.2, 0) is 9.53 Å². The Morgan fingerprint density at radius 2 is 1.84 bits per heavy atom. The SMILES string of the molecule is CCC(C)C(NC(=O)OC(C)(C)C)C(=O)Nc1cccc(C(C)=O)c1. The monoisotopic (exact) mass is 348 g/mol. The number of benzene rings is 1. The van der Waals surface area contributed by atoms with Crippen LogP contribution in [0, 0.1) is 5.92 Å². The van der Waals surface area contributed by atoms with E-state index < -0.39 is 17.7 Å². The number of rotatable bonds is 6. The molecular weight excluding hydrogens is 320 g/mol. The molecule has 0 heterocycles. The Labute approximate surface area is 149 Å². The third kappa shape index (κ3) is 6.95. The largest absolute Gasteiger partial charge is 0.444 e. The van der Waals surface area contributed by atoms with Crippen molar-refractivity contribution in [3.63, 3.8) is 0 Å². The minimum absolute atomic E-state index is 0.0801. The van der Waals surface area contributed by atoms with Crippen LogP contribution in [0.4, 0.5) is 10.5 Å². The van der Waals surface area contributed by atoms with Crippen LogP contribution in [-0.4, -0.2) is 29.4 Å². The van der Waals surface area contributed by atoms with Gasteiger partial charge in [-0.2, -0.15) is 0 Å². The Morgan fingerprint density at radius 1 is 1.20 bits per heavy atom. The molecule has 0 fully saturated rings. The molecule has 25 heavy (non-hydrogen) atoms. The third-order valence-corrected chi connectivity index (χ3v) is 3.70. The van der Waals surface area contributed by atoms with Crippen LogP contribution in [0.5, 0.6) is 0 Å². The summed E-state index contributed by atoms with van der Waals surface area (Å²) < 4.78 is 5.24. The first-order valence-corrected chi connectivity index (χ1v) is 8.45. The van der Waals surface area contributed by atoms with E-state index in [1.807, 2.05) is 13.8 Å². The van der Waals surface area contributed by atoms with Crippen molar-refractivity contribution in [2.75, 3.05) is 5.32 Å². The van der Waals surface area contributed by atoms with Gasteiger partial charge >= 0.3 is 6.09 Å². The van der Waals surface area contributed by atoms with Crippen LogP contribution in [0.3, 0.4) is 0 Å². The van der Waals surface area contributed by atoms with E-state index in [0.717, 1.165) is 0 Å². The molecule has 0 bridgehead atoms. The van der Waals surface area contributed by atoms with Gasteiger partial charge in [0, 0.05) is 11.3 Å². The quantitative estimate of drug-likeness (QED) is 0.767. The lowest BCUT2D eigenvalue weighted by Crippen LogP contribution is -2.49. The van der Waals surface area contributed by atoms with Crippen LogP contribution < -0.4 is 10.6 Å². The predicted octanol–water partition coefficient (Wildman–Crippen LogP) is 3.77. The lowest BCUT2D eigenvalue weighted by atomic mass is 9.98. The first kappa shape index (κ1) is 20.7. The molecule has 0 aliphatic rings. The molecule has 1 aromatic carbocycles. The number of carbonyl (C=O) groups excluding carboxylic acids is 3. The average molecular weight is 348 g/mol. The second-order valence-corrected chi connectivity index (χ2v) is 7.14. The van der Waals surface area contributed by atoms with E-state index in [-0.39, 0.29) is 17.6 Å². The van der Waals surface area contributed by atoms with Gasteiger partial charge in [-0.15, -0.1) is 0 Å². The highest BCUT2D eigenvalue weighted by Crippen LogP contribution is 2.15. The normalized spacial score (nSPS) is 13.5. The molecule has 0 spiro atoms. The van der Waals surface area contributed by atoms with Crippen molar-refractivity contribution in [2.24, 2.45) is 5.92 Å². The Morgan fingerprint density at radius 3 is 2.36 bits per heavy atom. The van der Waals surface area contributed by atoms with Gasteiger partial charge in [-0.1, -0.05) is 32.4 Å². The molecular formula is C19H28N2O4. The fraction of sp³-hybridized carbons (Fsp3) is 0.526. The number of Topliss-reactive ketones (excluding diaryl/α,β-unsaturated/α-hetero) is 1. The maximum Gasteiger partial charge on any atom is 0.408 e. The number of amides is 2. The fourth-order valence-corrected chi connectivity index (χ4v) is 2.17. The number of ketones is 1. The molecule has 2 unspecified atom stereocenters. The highest BCUT2D eigenvalue weighted by Gasteiger charge is 2.28. The number of anilines is 1. The topological polar surface area (TPSA) is 84.5 Å². The molecule has 0 aromatic heterocycles. The Hall–Kier alpha value is -2.37. The highest BCUT2D eigenvalue weighted by atomic mass is 16.6. The summed E-state index contributed by atoms with van der Waals surface area (Å²) >= 11 is 0. The average Bonchev–Trinajstić information content (AvgIpc) is 2.50. The highest BCUT2D eigenvalue weighted by molar-refractivity contribution is 5.99. The second kappa shape index (κ2) is 8.65. The zero-order chi connectivity index (χ0) is 19.2. The second-order valence-electron chi connectivity index (χ2n) is 7.14. The Bertz CT molecular complexity index is 635. The molecule has 1 rings (SSSR count). The minimum Gasteiger partial charge on any atom is -0.444 e. The molecule has 2 N–H and O–H groups in total. The predicted molar refractivity (Wildman–Crippen MR) is 97.7 cm³/mol. The standard InChI is InChI=1S/C19H28N2O4/c1-7-12(2)16(21-18(24)25-19(4,5)6)17(23)20-15-10-8-9-14(11-15)13(3)22/h8-12,16H,7H2,1-6H3,(H,20,23)(H,21,24). The summed E-state index contributed by atoms with van der Waals surface area (Å²) in [5.74, 6) is -0.508. The summed E-state index contributed by atoms with van der Waals surface area (Å²) in [4.78, 5) is 36.1. The molecule has 2 atom stereocenters. The molecule has 1 aromatic rings. The molecule has 0 aliphatic carbocycles. The lowest BCUT2D eigenvalue weighted by Gasteiger charge is -2.26. The molecule has 0 aliphatic heterocycles. The smallest absolute Gasteiger partial charge is 0.408 e. The Kier molecular flexibility index (Phi) is 7.15. The number of alkyl carbamates (subject to hydrolysis) is 1. The van der Waals surface area contributed by atoms with E-state index in [9.17, 15) is 14.4 Å². The molecule has 6 nitrogen and oxygen atoms in total. The van der Waals surface area contributed by atoms with E-state index in [2.05, 4.69) is 10.6 Å². The number of ether oxygens (including phenoxy) is 1. The van der Waals surface area contributed by atoms with Crippen LogP contribution in [0.15, 0.2) is 24.3 Å². The molecule has 0 saturated heterocycles. The van der Waals surface area contributed by atoms with Gasteiger partial charge < -0.3 is 15.4 Å². The number of carbonyl (C=O) groups is 3. The van der Waals surface area contributed by atoms with E-state index in [1.54, 1.807) is 45.0 Å². The molecule has 138 valence electrons. The van der Waals surface area contributed by atoms with Crippen molar-refractivity contribution in [2.45, 2.75) is 59.6 Å². The van der Waals surface area contributed by atoms with Crippen LogP contribution >= 0.6 is 0 Å². The zero-order valence-electron chi connectivity index (χ0n) is 15.8. The molecule has 0 radical (unpaired) electrons. The van der Waals surface area contributed by atoms with Crippen LogP contribution in [0.2, 0.25) is 0 Å². The van der Waals surface area contributed by atoms with Crippen molar-refractivity contribution in [3.05, 3.63) is 29.8 Å². The van der Waals surface area contributed by atoms with Crippen molar-refractivity contribution < 1.29 is 19.1 Å². The molecule has 2 amide bonds. The zero-order valence-corrected chi connectivity index (χ0v) is 15.8. The fourth-order valence-electron chi connectivity index (χ4n) is 2.17. The number of hydrogen-bond acceptors (Lipinski definition) is 4. The maximum atomic E-state index is 12.6. The van der Waals surface area contributed by atoms with Crippen molar-refractivity contribution in [1.29, 1.82) is 0 Å². The van der Waals surface area contributed by atoms with Gasteiger partial charge in [-0.25, -0.2) is 4.79 Å². The van der Waals surface area contributed by atoms with Gasteiger partial charge in [-0.3, -0.25) is 9.59 Å². The summed E-state index contributed by atoms with van der Waals surface area (Å²) in [7, 11) is 0. The van der Waals surface area contributed by atoms with Gasteiger partial charge in [-0.05, 0) is 45.7 Å². The summed E-state index contributed by atoms with van der Waals surface area (Å²) in [6.45, 7) is 10.6.